The van der Waals surface area contributed by atoms with Crippen LogP contribution in [0.5, 0.6) is 5.75 Å². The van der Waals surface area contributed by atoms with E-state index < -0.39 is 24.0 Å². The van der Waals surface area contributed by atoms with Gasteiger partial charge in [0.05, 0.1) is 31.3 Å². The van der Waals surface area contributed by atoms with Crippen LogP contribution in [-0.2, 0) is 11.3 Å². The lowest BCUT2D eigenvalue weighted by atomic mass is 10.3. The zero-order chi connectivity index (χ0) is 19.9. The lowest BCUT2D eigenvalue weighted by Crippen LogP contribution is -2.11. The van der Waals surface area contributed by atoms with Crippen molar-refractivity contribution in [3.63, 3.8) is 0 Å². The summed E-state index contributed by atoms with van der Waals surface area (Å²) in [6.07, 6.45) is 3.76. The highest BCUT2D eigenvalue weighted by molar-refractivity contribution is 5.39. The summed E-state index contributed by atoms with van der Waals surface area (Å²) in [5, 5.41) is 10.5. The first-order valence-corrected chi connectivity index (χ1v) is 7.96. The van der Waals surface area contributed by atoms with E-state index >= 15 is 0 Å². The Bertz CT molecular complexity index is 924. The van der Waals surface area contributed by atoms with Crippen LogP contribution in [0.4, 0.5) is 23.4 Å². The molecular formula is C16H14F4N6O2. The number of alkyl halides is 2. The van der Waals surface area contributed by atoms with Crippen LogP contribution in [-0.4, -0.2) is 44.7 Å². The van der Waals surface area contributed by atoms with Gasteiger partial charge < -0.3 is 14.8 Å². The van der Waals surface area contributed by atoms with E-state index in [9.17, 15) is 17.6 Å². The molecule has 0 amide bonds. The Kier molecular flexibility index (Phi) is 6.32. The number of nitrogens with one attached hydrogen (secondary N) is 1. The van der Waals surface area contributed by atoms with E-state index in [-0.39, 0.29) is 24.7 Å². The number of hydrogen-bond acceptors (Lipinski definition) is 7. The molecule has 0 saturated heterocycles. The van der Waals surface area contributed by atoms with Gasteiger partial charge in [0.1, 0.15) is 12.0 Å². The molecule has 12 heteroatoms. The molecule has 0 aliphatic rings. The number of halogens is 4. The van der Waals surface area contributed by atoms with Gasteiger partial charge in [-0.1, -0.05) is 5.21 Å². The third-order valence-corrected chi connectivity index (χ3v) is 3.39. The molecule has 2 heterocycles. The second-order valence-electron chi connectivity index (χ2n) is 5.35. The normalized spacial score (nSPS) is 11.0. The highest BCUT2D eigenvalue weighted by Gasteiger charge is 2.12. The van der Waals surface area contributed by atoms with Crippen molar-refractivity contribution in [1.82, 2.24) is 25.0 Å². The van der Waals surface area contributed by atoms with Gasteiger partial charge in [-0.25, -0.2) is 23.4 Å². The van der Waals surface area contributed by atoms with Crippen molar-refractivity contribution in [3.8, 4) is 11.4 Å². The van der Waals surface area contributed by atoms with E-state index in [1.54, 1.807) is 0 Å². The van der Waals surface area contributed by atoms with E-state index in [1.807, 2.05) is 0 Å². The number of nitrogens with zero attached hydrogens (tertiary/aromatic N) is 5. The molecular weight excluding hydrogens is 384 g/mol. The summed E-state index contributed by atoms with van der Waals surface area (Å²) in [5.74, 6) is -2.01. The molecule has 1 N–H and O–H groups in total. The van der Waals surface area contributed by atoms with Gasteiger partial charge in [-0.3, -0.25) is 0 Å². The second kappa shape index (κ2) is 9.08. The molecule has 28 heavy (non-hydrogen) atoms. The number of anilines is 1. The lowest BCUT2D eigenvalue weighted by molar-refractivity contribution is -0.0521. The summed E-state index contributed by atoms with van der Waals surface area (Å²) in [6.45, 7) is -2.50. The van der Waals surface area contributed by atoms with Gasteiger partial charge >= 0.3 is 6.61 Å². The zero-order valence-electron chi connectivity index (χ0n) is 14.2. The molecule has 3 aromatic rings. The van der Waals surface area contributed by atoms with Crippen LogP contribution in [0.2, 0.25) is 0 Å². The number of ether oxygens (including phenoxy) is 2. The maximum atomic E-state index is 13.5. The fourth-order valence-electron chi connectivity index (χ4n) is 2.17. The van der Waals surface area contributed by atoms with Crippen LogP contribution in [0, 0.1) is 11.6 Å². The fraction of sp³-hybridized carbons (Fsp3) is 0.250. The molecule has 1 aromatic carbocycles. The Hall–Kier alpha value is -3.28. The van der Waals surface area contributed by atoms with Gasteiger partial charge in [0.2, 0.25) is 0 Å². The Labute approximate surface area is 156 Å². The van der Waals surface area contributed by atoms with Crippen molar-refractivity contribution in [1.29, 1.82) is 0 Å². The Morgan fingerprint density at radius 1 is 1.18 bits per heavy atom. The summed E-state index contributed by atoms with van der Waals surface area (Å²) in [6, 6.07) is 3.41. The summed E-state index contributed by atoms with van der Waals surface area (Å²) < 4.78 is 62.2. The smallest absolute Gasteiger partial charge is 0.387 e. The summed E-state index contributed by atoms with van der Waals surface area (Å²) >= 11 is 0. The quantitative estimate of drug-likeness (QED) is 0.438. The van der Waals surface area contributed by atoms with Crippen LogP contribution in [0.25, 0.3) is 5.69 Å². The first kappa shape index (κ1) is 19.5. The first-order valence-electron chi connectivity index (χ1n) is 7.96. The Morgan fingerprint density at radius 2 is 2.04 bits per heavy atom. The Balaban J connectivity index is 1.51. The average molecular weight is 398 g/mol. The topological polar surface area (TPSA) is 87.0 Å². The fourth-order valence-corrected chi connectivity index (χ4v) is 2.17. The average Bonchev–Trinajstić information content (AvgIpc) is 3.13. The highest BCUT2D eigenvalue weighted by atomic mass is 19.3. The molecule has 148 valence electrons. The van der Waals surface area contributed by atoms with Gasteiger partial charge in [0.15, 0.2) is 23.2 Å². The standard InChI is InChI=1S/C16H14F4N6O2/c17-12-2-1-11(5-14(12)28-16(19)20)26-7-10(24-25-26)8-27-4-3-22-15-13(18)6-21-9-23-15/h1-2,5-7,9,16H,3-4,8H2,(H,21,22,23). The largest absolute Gasteiger partial charge is 0.432 e. The molecule has 0 saturated carbocycles. The number of benzene rings is 1. The molecule has 2 aromatic heterocycles. The minimum absolute atomic E-state index is 0.0719. The summed E-state index contributed by atoms with van der Waals surface area (Å²) in [7, 11) is 0. The van der Waals surface area contributed by atoms with Gasteiger partial charge in [-0.15, -0.1) is 5.10 Å². The molecule has 0 radical (unpaired) electrons. The van der Waals surface area contributed by atoms with E-state index in [0.717, 1.165) is 18.3 Å². The highest BCUT2D eigenvalue weighted by Crippen LogP contribution is 2.22. The van der Waals surface area contributed by atoms with Crippen LogP contribution >= 0.6 is 0 Å². The molecule has 0 aliphatic heterocycles. The number of aromatic nitrogens is 5. The van der Waals surface area contributed by atoms with Gasteiger partial charge in [0.25, 0.3) is 0 Å². The minimum Gasteiger partial charge on any atom is -0.432 e. The van der Waals surface area contributed by atoms with Crippen LogP contribution in [0.1, 0.15) is 5.69 Å². The molecule has 0 spiro atoms. The van der Waals surface area contributed by atoms with Crippen molar-refractivity contribution in [2.75, 3.05) is 18.5 Å². The van der Waals surface area contributed by atoms with E-state index in [4.69, 9.17) is 4.74 Å². The van der Waals surface area contributed by atoms with Crippen molar-refractivity contribution in [2.45, 2.75) is 13.2 Å². The van der Waals surface area contributed by atoms with Crippen molar-refractivity contribution in [2.24, 2.45) is 0 Å². The molecule has 0 atom stereocenters. The van der Waals surface area contributed by atoms with Crippen molar-refractivity contribution in [3.05, 3.63) is 54.2 Å². The molecule has 3 rings (SSSR count). The van der Waals surface area contributed by atoms with Crippen molar-refractivity contribution < 1.29 is 27.0 Å². The van der Waals surface area contributed by atoms with E-state index in [1.165, 1.54) is 23.3 Å². The van der Waals surface area contributed by atoms with Gasteiger partial charge in [-0.05, 0) is 12.1 Å². The zero-order valence-corrected chi connectivity index (χ0v) is 14.2. The maximum Gasteiger partial charge on any atom is 0.387 e. The predicted octanol–water partition coefficient (Wildman–Crippen LogP) is 2.57. The third-order valence-electron chi connectivity index (χ3n) is 3.39. The summed E-state index contributed by atoms with van der Waals surface area (Å²) in [5.41, 5.74) is 0.741. The van der Waals surface area contributed by atoms with Crippen molar-refractivity contribution >= 4 is 5.82 Å². The number of hydrogen-bond donors (Lipinski definition) is 1. The van der Waals surface area contributed by atoms with E-state index in [2.05, 4.69) is 30.3 Å². The monoisotopic (exact) mass is 398 g/mol. The Morgan fingerprint density at radius 3 is 2.82 bits per heavy atom. The van der Waals surface area contributed by atoms with Gasteiger partial charge in [0, 0.05) is 12.6 Å². The van der Waals surface area contributed by atoms with Crippen LogP contribution < -0.4 is 10.1 Å². The third kappa shape index (κ3) is 5.13. The summed E-state index contributed by atoms with van der Waals surface area (Å²) in [4.78, 5) is 7.28. The predicted molar refractivity (Wildman–Crippen MR) is 88.1 cm³/mol. The lowest BCUT2D eigenvalue weighted by Gasteiger charge is -2.07. The maximum absolute atomic E-state index is 13.5. The molecule has 0 bridgehead atoms. The van der Waals surface area contributed by atoms with E-state index in [0.29, 0.717) is 12.2 Å². The van der Waals surface area contributed by atoms with Crippen LogP contribution in [0.3, 0.4) is 0 Å². The van der Waals surface area contributed by atoms with Gasteiger partial charge in [-0.2, -0.15) is 8.78 Å². The molecule has 0 aliphatic carbocycles. The number of rotatable bonds is 9. The SMILES string of the molecule is Fc1ccc(-n2cc(COCCNc3ncncc3F)nn2)cc1OC(F)F. The first-order chi connectivity index (χ1) is 13.5. The van der Waals surface area contributed by atoms with Crippen LogP contribution in [0.15, 0.2) is 36.9 Å². The molecule has 8 nitrogen and oxygen atoms in total. The molecule has 0 fully saturated rings. The molecule has 0 unspecified atom stereocenters. The minimum atomic E-state index is -3.14. The second-order valence-corrected chi connectivity index (χ2v) is 5.35.